The summed E-state index contributed by atoms with van der Waals surface area (Å²) < 4.78 is 0. The molecule has 0 bridgehead atoms. The Morgan fingerprint density at radius 1 is 1.70 bits per heavy atom. The van der Waals surface area contributed by atoms with E-state index in [4.69, 9.17) is 11.5 Å². The molecule has 1 atom stereocenters. The van der Waals surface area contributed by atoms with Crippen LogP contribution in [0.1, 0.15) is 26.2 Å². The first-order chi connectivity index (χ1) is 4.81. The molecule has 56 valence electrons. The summed E-state index contributed by atoms with van der Waals surface area (Å²) in [6, 6.07) is 0. The van der Waals surface area contributed by atoms with Crippen LogP contribution >= 0.6 is 0 Å². The van der Waals surface area contributed by atoms with Gasteiger partial charge in [-0.2, -0.15) is 0 Å². The van der Waals surface area contributed by atoms with E-state index < -0.39 is 6.10 Å². The maximum atomic E-state index is 9.05. The van der Waals surface area contributed by atoms with Crippen molar-refractivity contribution in [3.8, 4) is 12.3 Å². The van der Waals surface area contributed by atoms with E-state index >= 15 is 0 Å². The van der Waals surface area contributed by atoms with Crippen molar-refractivity contribution < 1.29 is 5.11 Å². The van der Waals surface area contributed by atoms with Gasteiger partial charge in [-0.1, -0.05) is 25.5 Å². The molecule has 1 unspecified atom stereocenters. The van der Waals surface area contributed by atoms with Crippen molar-refractivity contribution in [2.24, 2.45) is 0 Å². The van der Waals surface area contributed by atoms with Gasteiger partial charge in [-0.15, -0.1) is 12.3 Å². The highest BCUT2D eigenvalue weighted by Crippen LogP contribution is 1.94. The van der Waals surface area contributed by atoms with Crippen LogP contribution in [-0.2, 0) is 0 Å². The zero-order valence-corrected chi connectivity index (χ0v) is 6.38. The standard InChI is InChI=1S/C9H14O/c1-3-5-6-8-9(10)7-4-2/h2,6,8-10H,3,5,7H2,1H3/b8-6+. The number of terminal acetylenes is 1. The topological polar surface area (TPSA) is 20.2 Å². The van der Waals surface area contributed by atoms with Gasteiger partial charge in [0.1, 0.15) is 0 Å². The van der Waals surface area contributed by atoms with E-state index in [-0.39, 0.29) is 0 Å². The van der Waals surface area contributed by atoms with E-state index in [1.54, 1.807) is 6.08 Å². The normalized spacial score (nSPS) is 13.3. The van der Waals surface area contributed by atoms with Crippen molar-refractivity contribution in [1.29, 1.82) is 0 Å². The van der Waals surface area contributed by atoms with Crippen LogP contribution in [0.15, 0.2) is 12.2 Å². The largest absolute Gasteiger partial charge is 0.388 e. The van der Waals surface area contributed by atoms with Crippen LogP contribution in [0.2, 0.25) is 0 Å². The minimum Gasteiger partial charge on any atom is -0.388 e. The maximum Gasteiger partial charge on any atom is 0.0830 e. The van der Waals surface area contributed by atoms with Crippen molar-refractivity contribution in [1.82, 2.24) is 0 Å². The highest BCUT2D eigenvalue weighted by molar-refractivity contribution is 4.96. The van der Waals surface area contributed by atoms with E-state index in [2.05, 4.69) is 12.8 Å². The Balaban J connectivity index is 3.37. The molecule has 0 aliphatic rings. The van der Waals surface area contributed by atoms with Gasteiger partial charge in [-0.3, -0.25) is 0 Å². The lowest BCUT2D eigenvalue weighted by Crippen LogP contribution is -1.98. The summed E-state index contributed by atoms with van der Waals surface area (Å²) in [6.07, 6.45) is 10.8. The molecule has 0 spiro atoms. The minimum absolute atomic E-state index is 0.417. The lowest BCUT2D eigenvalue weighted by Gasteiger charge is -1.96. The Kier molecular flexibility index (Phi) is 5.91. The Morgan fingerprint density at radius 2 is 2.40 bits per heavy atom. The van der Waals surface area contributed by atoms with E-state index in [0.29, 0.717) is 6.42 Å². The molecule has 0 aliphatic heterocycles. The van der Waals surface area contributed by atoms with Gasteiger partial charge in [-0.25, -0.2) is 0 Å². The van der Waals surface area contributed by atoms with Crippen LogP contribution in [0.25, 0.3) is 0 Å². The lowest BCUT2D eigenvalue weighted by atomic mass is 10.2. The Bertz CT molecular complexity index is 130. The van der Waals surface area contributed by atoms with Crippen molar-refractivity contribution in [2.45, 2.75) is 32.3 Å². The lowest BCUT2D eigenvalue weighted by molar-refractivity contribution is 0.229. The van der Waals surface area contributed by atoms with Gasteiger partial charge in [0, 0.05) is 6.42 Å². The van der Waals surface area contributed by atoms with Crippen molar-refractivity contribution in [2.75, 3.05) is 0 Å². The fourth-order valence-electron chi connectivity index (χ4n) is 0.609. The van der Waals surface area contributed by atoms with Crippen molar-refractivity contribution in [3.63, 3.8) is 0 Å². The predicted molar refractivity (Wildman–Crippen MR) is 43.5 cm³/mol. The molecular weight excluding hydrogens is 124 g/mol. The molecule has 1 heteroatoms. The monoisotopic (exact) mass is 138 g/mol. The zero-order valence-electron chi connectivity index (χ0n) is 6.38. The third-order valence-electron chi connectivity index (χ3n) is 1.14. The van der Waals surface area contributed by atoms with Gasteiger partial charge in [0.25, 0.3) is 0 Å². The molecule has 0 heterocycles. The fourth-order valence-corrected chi connectivity index (χ4v) is 0.609. The second-order valence-corrected chi connectivity index (χ2v) is 2.19. The number of rotatable bonds is 4. The molecule has 0 amide bonds. The summed E-state index contributed by atoms with van der Waals surface area (Å²) in [4.78, 5) is 0. The molecule has 0 aromatic heterocycles. The molecule has 0 saturated heterocycles. The average molecular weight is 138 g/mol. The van der Waals surface area contributed by atoms with Gasteiger partial charge < -0.3 is 5.11 Å². The van der Waals surface area contributed by atoms with E-state index in [1.807, 2.05) is 6.08 Å². The third kappa shape index (κ3) is 5.40. The van der Waals surface area contributed by atoms with E-state index in [0.717, 1.165) is 12.8 Å². The molecule has 0 aromatic rings. The third-order valence-corrected chi connectivity index (χ3v) is 1.14. The first kappa shape index (κ1) is 9.26. The molecule has 0 fully saturated rings. The predicted octanol–water partition coefficient (Wildman–Crippen LogP) is 1.73. The summed E-state index contributed by atoms with van der Waals surface area (Å²) in [5.74, 6) is 2.39. The number of allylic oxidation sites excluding steroid dienone is 1. The molecule has 10 heavy (non-hydrogen) atoms. The van der Waals surface area contributed by atoms with Gasteiger partial charge in [0.05, 0.1) is 6.10 Å². The molecule has 1 N–H and O–H groups in total. The summed E-state index contributed by atoms with van der Waals surface area (Å²) in [5.41, 5.74) is 0. The molecule has 0 rings (SSSR count). The average Bonchev–Trinajstić information content (AvgIpc) is 1.89. The number of hydrogen-bond donors (Lipinski definition) is 1. The zero-order chi connectivity index (χ0) is 7.82. The van der Waals surface area contributed by atoms with Gasteiger partial charge in [0.2, 0.25) is 0 Å². The molecule has 0 radical (unpaired) electrons. The van der Waals surface area contributed by atoms with Crippen LogP contribution in [0, 0.1) is 12.3 Å². The van der Waals surface area contributed by atoms with Crippen LogP contribution in [0.5, 0.6) is 0 Å². The summed E-state index contributed by atoms with van der Waals surface area (Å²) in [6.45, 7) is 2.10. The molecule has 0 saturated carbocycles. The number of hydrogen-bond acceptors (Lipinski definition) is 1. The van der Waals surface area contributed by atoms with Crippen LogP contribution in [-0.4, -0.2) is 11.2 Å². The minimum atomic E-state index is -0.448. The number of aliphatic hydroxyl groups is 1. The van der Waals surface area contributed by atoms with Gasteiger partial charge in [-0.05, 0) is 6.42 Å². The second-order valence-electron chi connectivity index (χ2n) is 2.19. The molecule has 0 aliphatic carbocycles. The van der Waals surface area contributed by atoms with Crippen molar-refractivity contribution in [3.05, 3.63) is 12.2 Å². The van der Waals surface area contributed by atoms with E-state index in [1.165, 1.54) is 0 Å². The highest BCUT2D eigenvalue weighted by atomic mass is 16.3. The summed E-state index contributed by atoms with van der Waals surface area (Å²) in [5, 5.41) is 9.05. The van der Waals surface area contributed by atoms with E-state index in [9.17, 15) is 0 Å². The van der Waals surface area contributed by atoms with Gasteiger partial charge in [0.15, 0.2) is 0 Å². The first-order valence-corrected chi connectivity index (χ1v) is 3.59. The smallest absolute Gasteiger partial charge is 0.0830 e. The number of unbranched alkanes of at least 4 members (excludes halogenated alkanes) is 1. The Labute approximate surface area is 62.8 Å². The maximum absolute atomic E-state index is 9.05. The molecule has 0 aromatic carbocycles. The Morgan fingerprint density at radius 3 is 2.90 bits per heavy atom. The quantitative estimate of drug-likeness (QED) is 0.463. The van der Waals surface area contributed by atoms with Crippen molar-refractivity contribution >= 4 is 0 Å². The molecule has 1 nitrogen and oxygen atoms in total. The second kappa shape index (κ2) is 6.38. The SMILES string of the molecule is C#CCC(O)/C=C/CCC. The van der Waals surface area contributed by atoms with Crippen LogP contribution in [0.4, 0.5) is 0 Å². The Hall–Kier alpha value is -0.740. The fraction of sp³-hybridized carbons (Fsp3) is 0.556. The first-order valence-electron chi connectivity index (χ1n) is 3.59. The molecular formula is C9H14O. The summed E-state index contributed by atoms with van der Waals surface area (Å²) in [7, 11) is 0. The van der Waals surface area contributed by atoms with Gasteiger partial charge >= 0.3 is 0 Å². The van der Waals surface area contributed by atoms with Crippen LogP contribution < -0.4 is 0 Å². The highest BCUT2D eigenvalue weighted by Gasteiger charge is 1.92. The number of aliphatic hydroxyl groups excluding tert-OH is 1. The van der Waals surface area contributed by atoms with Crippen LogP contribution in [0.3, 0.4) is 0 Å². The summed E-state index contributed by atoms with van der Waals surface area (Å²) >= 11 is 0.